The van der Waals surface area contributed by atoms with Gasteiger partial charge in [-0.25, -0.2) is 0 Å². The molecular weight excluding hydrogens is 350 g/mol. The van der Waals surface area contributed by atoms with Crippen molar-refractivity contribution in [3.8, 4) is 22.6 Å². The molecule has 0 bridgehead atoms. The molecule has 146 valence electrons. The van der Waals surface area contributed by atoms with Crippen LogP contribution in [0.4, 0.5) is 0 Å². The molecule has 2 heterocycles. The van der Waals surface area contributed by atoms with Gasteiger partial charge in [0, 0.05) is 35.8 Å². The lowest BCUT2D eigenvalue weighted by atomic mass is 9.90. The number of aryl methyl sites for hydroxylation is 1. The van der Waals surface area contributed by atoms with E-state index in [1.165, 1.54) is 22.4 Å². The van der Waals surface area contributed by atoms with Crippen LogP contribution < -0.4 is 4.74 Å². The molecule has 1 fully saturated rings. The van der Waals surface area contributed by atoms with Gasteiger partial charge in [-0.1, -0.05) is 35.9 Å². The standard InChI is InChI=1S/C23H27N3O2/c1-16-6-3-7-17(12-16)19-13-24-25-23(19)18-8-5-11-26(14-18)15-20-21(27)9-4-10-22(20)28-2/h3-4,6-7,9-10,12-13,18,27H,5,8,11,14-15H2,1-2H3,(H,24,25)/t18-/m1/s1. The number of ether oxygens (including phenoxy) is 1. The molecule has 5 nitrogen and oxygen atoms in total. The van der Waals surface area contributed by atoms with Crippen LogP contribution in [0.2, 0.25) is 0 Å². The average Bonchev–Trinajstić information content (AvgIpc) is 3.20. The fourth-order valence-corrected chi connectivity index (χ4v) is 4.21. The third-order valence-corrected chi connectivity index (χ3v) is 5.62. The topological polar surface area (TPSA) is 61.4 Å². The van der Waals surface area contributed by atoms with Crippen LogP contribution in [0.3, 0.4) is 0 Å². The first-order valence-corrected chi connectivity index (χ1v) is 9.83. The highest BCUT2D eigenvalue weighted by Gasteiger charge is 2.26. The SMILES string of the molecule is COc1cccc(O)c1CN1CCC[C@@H](c2[nH]ncc2-c2cccc(C)c2)C1. The molecule has 1 aromatic heterocycles. The van der Waals surface area contributed by atoms with Crippen LogP contribution in [0.25, 0.3) is 11.1 Å². The normalized spacial score (nSPS) is 17.6. The molecule has 0 unspecified atom stereocenters. The molecule has 5 heteroatoms. The molecule has 1 atom stereocenters. The minimum absolute atomic E-state index is 0.295. The van der Waals surface area contributed by atoms with Crippen molar-refractivity contribution >= 4 is 0 Å². The molecule has 28 heavy (non-hydrogen) atoms. The Hall–Kier alpha value is -2.79. The van der Waals surface area contributed by atoms with E-state index in [2.05, 4.69) is 46.3 Å². The van der Waals surface area contributed by atoms with Gasteiger partial charge in [-0.3, -0.25) is 10.00 Å². The summed E-state index contributed by atoms with van der Waals surface area (Å²) in [4.78, 5) is 2.40. The first-order valence-electron chi connectivity index (χ1n) is 9.83. The number of nitrogens with zero attached hydrogens (tertiary/aromatic N) is 2. The summed E-state index contributed by atoms with van der Waals surface area (Å²) >= 11 is 0. The fraction of sp³-hybridized carbons (Fsp3) is 0.348. The van der Waals surface area contributed by atoms with E-state index < -0.39 is 0 Å². The van der Waals surface area contributed by atoms with Gasteiger partial charge in [-0.05, 0) is 44.0 Å². The number of rotatable bonds is 5. The number of benzene rings is 2. The number of methoxy groups -OCH3 is 1. The molecule has 0 radical (unpaired) electrons. The van der Waals surface area contributed by atoms with Gasteiger partial charge in [0.1, 0.15) is 11.5 Å². The zero-order chi connectivity index (χ0) is 19.5. The quantitative estimate of drug-likeness (QED) is 0.688. The minimum atomic E-state index is 0.295. The largest absolute Gasteiger partial charge is 0.507 e. The Morgan fingerprint density at radius 3 is 2.93 bits per heavy atom. The molecule has 0 aliphatic carbocycles. The van der Waals surface area contributed by atoms with Crippen molar-refractivity contribution < 1.29 is 9.84 Å². The highest BCUT2D eigenvalue weighted by Crippen LogP contribution is 2.35. The number of aromatic nitrogens is 2. The third-order valence-electron chi connectivity index (χ3n) is 5.62. The number of nitrogens with one attached hydrogen (secondary N) is 1. The van der Waals surface area contributed by atoms with Gasteiger partial charge in [0.15, 0.2) is 0 Å². The first-order chi connectivity index (χ1) is 13.7. The van der Waals surface area contributed by atoms with E-state index in [-0.39, 0.29) is 0 Å². The first kappa shape index (κ1) is 18.6. The predicted octanol–water partition coefficient (Wildman–Crippen LogP) is 4.48. The van der Waals surface area contributed by atoms with Crippen molar-refractivity contribution in [2.75, 3.05) is 20.2 Å². The lowest BCUT2D eigenvalue weighted by Crippen LogP contribution is -2.34. The maximum absolute atomic E-state index is 10.3. The molecule has 0 amide bonds. The fourth-order valence-electron chi connectivity index (χ4n) is 4.21. The number of hydrogen-bond acceptors (Lipinski definition) is 4. The average molecular weight is 377 g/mol. The van der Waals surface area contributed by atoms with E-state index in [1.807, 2.05) is 18.3 Å². The number of aromatic amines is 1. The summed E-state index contributed by atoms with van der Waals surface area (Å²) < 4.78 is 5.45. The van der Waals surface area contributed by atoms with E-state index in [0.717, 1.165) is 37.2 Å². The highest BCUT2D eigenvalue weighted by atomic mass is 16.5. The van der Waals surface area contributed by atoms with Crippen LogP contribution in [-0.4, -0.2) is 40.4 Å². The number of phenols is 1. The van der Waals surface area contributed by atoms with Crippen LogP contribution in [0.1, 0.15) is 35.6 Å². The van der Waals surface area contributed by atoms with Gasteiger partial charge < -0.3 is 9.84 Å². The van der Waals surface area contributed by atoms with Crippen LogP contribution >= 0.6 is 0 Å². The number of likely N-dealkylation sites (tertiary alicyclic amines) is 1. The summed E-state index contributed by atoms with van der Waals surface area (Å²) in [6.07, 6.45) is 4.19. The van der Waals surface area contributed by atoms with Gasteiger partial charge in [0.25, 0.3) is 0 Å². The summed E-state index contributed by atoms with van der Waals surface area (Å²) in [6.45, 7) is 4.74. The molecule has 4 rings (SSSR count). The Kier molecular flexibility index (Phi) is 5.35. The Labute approximate surface area is 166 Å². The molecule has 1 saturated heterocycles. The summed E-state index contributed by atoms with van der Waals surface area (Å²) in [7, 11) is 1.65. The smallest absolute Gasteiger partial charge is 0.127 e. The van der Waals surface area contributed by atoms with Crippen LogP contribution in [0.5, 0.6) is 11.5 Å². The zero-order valence-corrected chi connectivity index (χ0v) is 16.5. The van der Waals surface area contributed by atoms with E-state index >= 15 is 0 Å². The molecular formula is C23H27N3O2. The van der Waals surface area contributed by atoms with Gasteiger partial charge in [0.2, 0.25) is 0 Å². The predicted molar refractivity (Wildman–Crippen MR) is 111 cm³/mol. The second-order valence-corrected chi connectivity index (χ2v) is 7.60. The second kappa shape index (κ2) is 8.07. The molecule has 1 aliphatic heterocycles. The van der Waals surface area contributed by atoms with Crippen molar-refractivity contribution in [3.05, 3.63) is 65.5 Å². The Bertz CT molecular complexity index is 951. The maximum Gasteiger partial charge on any atom is 0.127 e. The van der Waals surface area contributed by atoms with Gasteiger partial charge in [0.05, 0.1) is 13.3 Å². The molecule has 2 N–H and O–H groups in total. The summed E-state index contributed by atoms with van der Waals surface area (Å²) in [5.74, 6) is 1.43. The van der Waals surface area contributed by atoms with Gasteiger partial charge in [-0.2, -0.15) is 5.10 Å². The van der Waals surface area contributed by atoms with E-state index in [9.17, 15) is 5.11 Å². The number of H-pyrrole nitrogens is 1. The number of piperidine rings is 1. The lowest BCUT2D eigenvalue weighted by Gasteiger charge is -2.33. The lowest BCUT2D eigenvalue weighted by molar-refractivity contribution is 0.194. The van der Waals surface area contributed by atoms with Crippen molar-refractivity contribution in [2.24, 2.45) is 0 Å². The summed E-state index contributed by atoms with van der Waals surface area (Å²) in [6, 6.07) is 14.0. The molecule has 0 saturated carbocycles. The second-order valence-electron chi connectivity index (χ2n) is 7.60. The zero-order valence-electron chi connectivity index (χ0n) is 16.5. The number of hydrogen-bond donors (Lipinski definition) is 2. The third kappa shape index (κ3) is 3.76. The van der Waals surface area contributed by atoms with Crippen molar-refractivity contribution in [1.29, 1.82) is 0 Å². The summed E-state index contributed by atoms with van der Waals surface area (Å²) in [5.41, 5.74) is 5.72. The van der Waals surface area contributed by atoms with E-state index in [0.29, 0.717) is 18.2 Å². The molecule has 2 aromatic carbocycles. The minimum Gasteiger partial charge on any atom is -0.507 e. The molecule has 0 spiro atoms. The van der Waals surface area contributed by atoms with E-state index in [4.69, 9.17) is 4.74 Å². The Morgan fingerprint density at radius 1 is 1.25 bits per heavy atom. The Morgan fingerprint density at radius 2 is 2.11 bits per heavy atom. The van der Waals surface area contributed by atoms with Crippen LogP contribution in [0.15, 0.2) is 48.7 Å². The van der Waals surface area contributed by atoms with Crippen LogP contribution in [0, 0.1) is 6.92 Å². The monoisotopic (exact) mass is 377 g/mol. The Balaban J connectivity index is 1.55. The van der Waals surface area contributed by atoms with Crippen molar-refractivity contribution in [2.45, 2.75) is 32.2 Å². The number of phenolic OH excluding ortho intramolecular Hbond substituents is 1. The summed E-state index contributed by atoms with van der Waals surface area (Å²) in [5, 5.41) is 17.9. The number of aromatic hydroxyl groups is 1. The van der Waals surface area contributed by atoms with Gasteiger partial charge >= 0.3 is 0 Å². The van der Waals surface area contributed by atoms with E-state index in [1.54, 1.807) is 13.2 Å². The maximum atomic E-state index is 10.3. The van der Waals surface area contributed by atoms with Crippen molar-refractivity contribution in [3.63, 3.8) is 0 Å². The van der Waals surface area contributed by atoms with Crippen LogP contribution in [-0.2, 0) is 6.54 Å². The van der Waals surface area contributed by atoms with Crippen molar-refractivity contribution in [1.82, 2.24) is 15.1 Å². The highest BCUT2D eigenvalue weighted by molar-refractivity contribution is 5.66. The molecule has 3 aromatic rings. The van der Waals surface area contributed by atoms with Gasteiger partial charge in [-0.15, -0.1) is 0 Å². The molecule has 1 aliphatic rings.